The highest BCUT2D eigenvalue weighted by Gasteiger charge is 2.36. The van der Waals surface area contributed by atoms with Crippen molar-refractivity contribution < 1.29 is 18.0 Å². The summed E-state index contributed by atoms with van der Waals surface area (Å²) in [6.45, 7) is 1.37. The van der Waals surface area contributed by atoms with Gasteiger partial charge in [-0.25, -0.2) is 8.42 Å². The maximum Gasteiger partial charge on any atom is 0.264 e. The summed E-state index contributed by atoms with van der Waals surface area (Å²) in [6, 6.07) is 28.7. The molecule has 0 heterocycles. The quantitative estimate of drug-likeness (QED) is 0.154. The van der Waals surface area contributed by atoms with Gasteiger partial charge in [-0.05, 0) is 66.8 Å². The number of rotatable bonds is 13. The van der Waals surface area contributed by atoms with E-state index in [1.807, 2.05) is 49.4 Å². The van der Waals surface area contributed by atoms with Crippen molar-refractivity contribution >= 4 is 50.7 Å². The molecule has 1 N–H and O–H groups in total. The highest BCUT2D eigenvalue weighted by molar-refractivity contribution is 7.92. The molecule has 7 nitrogen and oxygen atoms in total. The molecule has 252 valence electrons. The summed E-state index contributed by atoms with van der Waals surface area (Å²) in [5.41, 5.74) is 2.70. The van der Waals surface area contributed by atoms with Crippen LogP contribution in [-0.4, -0.2) is 43.8 Å². The Balaban J connectivity index is 1.58. The second kappa shape index (κ2) is 16.5. The van der Waals surface area contributed by atoms with Gasteiger partial charge in [-0.3, -0.25) is 13.9 Å². The van der Waals surface area contributed by atoms with Crippen LogP contribution in [0.1, 0.15) is 55.7 Å². The number of hydrogen-bond donors (Lipinski definition) is 1. The van der Waals surface area contributed by atoms with E-state index in [-0.39, 0.29) is 29.8 Å². The lowest BCUT2D eigenvalue weighted by atomic mass is 9.94. The molecule has 0 spiro atoms. The van der Waals surface area contributed by atoms with Gasteiger partial charge in [0, 0.05) is 34.6 Å². The van der Waals surface area contributed by atoms with Crippen LogP contribution in [0.4, 0.5) is 5.69 Å². The molecule has 1 saturated carbocycles. The minimum absolute atomic E-state index is 0.00239. The zero-order valence-electron chi connectivity index (χ0n) is 27.0. The molecule has 10 heteroatoms. The van der Waals surface area contributed by atoms with E-state index in [9.17, 15) is 18.0 Å². The molecule has 1 atom stereocenters. The molecular formula is C38H41Cl2N3O4S. The molecular weight excluding hydrogens is 665 g/mol. The number of aryl methyl sites for hydroxylation is 1. The topological polar surface area (TPSA) is 86.8 Å². The van der Waals surface area contributed by atoms with Crippen molar-refractivity contribution in [2.24, 2.45) is 0 Å². The molecule has 0 bridgehead atoms. The highest BCUT2D eigenvalue weighted by atomic mass is 35.5. The number of benzene rings is 4. The van der Waals surface area contributed by atoms with Crippen molar-refractivity contribution in [2.75, 3.05) is 10.8 Å². The third-order valence-corrected chi connectivity index (χ3v) is 11.4. The summed E-state index contributed by atoms with van der Waals surface area (Å²) in [5, 5.41) is 3.90. The average Bonchev–Trinajstić information content (AvgIpc) is 3.11. The Morgan fingerprint density at radius 3 is 2.00 bits per heavy atom. The van der Waals surface area contributed by atoms with Crippen molar-refractivity contribution in [3.8, 4) is 0 Å². The van der Waals surface area contributed by atoms with Crippen LogP contribution in [0, 0.1) is 0 Å². The lowest BCUT2D eigenvalue weighted by molar-refractivity contribution is -0.140. The number of carbonyl (C=O) groups excluding carboxylic acids is 2. The molecule has 0 aromatic heterocycles. The van der Waals surface area contributed by atoms with Crippen molar-refractivity contribution in [1.29, 1.82) is 0 Å². The normalized spacial score (nSPS) is 14.2. The van der Waals surface area contributed by atoms with E-state index in [0.29, 0.717) is 21.3 Å². The summed E-state index contributed by atoms with van der Waals surface area (Å²) < 4.78 is 29.5. The lowest BCUT2D eigenvalue weighted by Crippen LogP contribution is -2.55. The minimum atomic E-state index is -4.19. The van der Waals surface area contributed by atoms with Gasteiger partial charge in [-0.2, -0.15) is 0 Å². The number of anilines is 1. The van der Waals surface area contributed by atoms with Crippen LogP contribution in [0.3, 0.4) is 0 Å². The number of halogens is 2. The lowest BCUT2D eigenvalue weighted by Gasteiger charge is -2.35. The predicted octanol–water partition coefficient (Wildman–Crippen LogP) is 7.84. The van der Waals surface area contributed by atoms with E-state index in [2.05, 4.69) is 5.32 Å². The van der Waals surface area contributed by atoms with Gasteiger partial charge in [-0.15, -0.1) is 0 Å². The minimum Gasteiger partial charge on any atom is -0.352 e. The monoisotopic (exact) mass is 705 g/mol. The van der Waals surface area contributed by atoms with Crippen LogP contribution in [0.15, 0.2) is 108 Å². The van der Waals surface area contributed by atoms with Crippen LogP contribution < -0.4 is 9.62 Å². The maximum atomic E-state index is 14.7. The van der Waals surface area contributed by atoms with Crippen LogP contribution in [-0.2, 0) is 39.0 Å². The van der Waals surface area contributed by atoms with E-state index < -0.39 is 28.5 Å². The Bertz CT molecular complexity index is 1760. The van der Waals surface area contributed by atoms with E-state index in [4.69, 9.17) is 23.2 Å². The van der Waals surface area contributed by atoms with Crippen LogP contribution in [0.25, 0.3) is 0 Å². The molecule has 1 aliphatic carbocycles. The van der Waals surface area contributed by atoms with E-state index in [1.165, 1.54) is 17.0 Å². The first-order valence-corrected chi connectivity index (χ1v) is 18.6. The molecule has 5 rings (SSSR count). The SMILES string of the molecule is CCc1ccc(N(CC(=O)N(Cc2c(Cl)cccc2Cl)[C@H](Cc2ccccc2)C(=O)NC2CCCCC2)S(=O)(=O)c2ccccc2)cc1. The van der Waals surface area contributed by atoms with Crippen molar-refractivity contribution in [3.05, 3.63) is 130 Å². The van der Waals surface area contributed by atoms with Crippen molar-refractivity contribution in [3.63, 3.8) is 0 Å². The van der Waals surface area contributed by atoms with Gasteiger partial charge in [0.2, 0.25) is 11.8 Å². The molecule has 1 fully saturated rings. The van der Waals surface area contributed by atoms with Crippen LogP contribution in [0.2, 0.25) is 10.0 Å². The Kier molecular flexibility index (Phi) is 12.2. The molecule has 4 aromatic carbocycles. The van der Waals surface area contributed by atoms with Gasteiger partial charge in [0.15, 0.2) is 0 Å². The number of carbonyl (C=O) groups is 2. The molecule has 0 aliphatic heterocycles. The molecule has 2 amide bonds. The fraction of sp³-hybridized carbons (Fsp3) is 0.316. The summed E-state index contributed by atoms with van der Waals surface area (Å²) in [5.74, 6) is -0.864. The third-order valence-electron chi connectivity index (χ3n) is 8.86. The first-order valence-electron chi connectivity index (χ1n) is 16.4. The van der Waals surface area contributed by atoms with Crippen molar-refractivity contribution in [1.82, 2.24) is 10.2 Å². The first-order chi connectivity index (χ1) is 23.2. The molecule has 4 aromatic rings. The summed E-state index contributed by atoms with van der Waals surface area (Å²) in [4.78, 5) is 30.5. The second-order valence-corrected chi connectivity index (χ2v) is 14.8. The molecule has 0 radical (unpaired) electrons. The first kappa shape index (κ1) is 35.5. The average molecular weight is 707 g/mol. The molecule has 1 aliphatic rings. The number of amides is 2. The Morgan fingerprint density at radius 1 is 0.792 bits per heavy atom. The van der Waals surface area contributed by atoms with E-state index in [1.54, 1.807) is 48.5 Å². The summed E-state index contributed by atoms with van der Waals surface area (Å²) >= 11 is 13.3. The van der Waals surface area contributed by atoms with Crippen LogP contribution in [0.5, 0.6) is 0 Å². The smallest absolute Gasteiger partial charge is 0.264 e. The number of sulfonamides is 1. The van der Waals surface area contributed by atoms with Gasteiger partial charge >= 0.3 is 0 Å². The third kappa shape index (κ3) is 8.78. The number of nitrogens with zero attached hydrogens (tertiary/aromatic N) is 2. The van der Waals surface area contributed by atoms with E-state index >= 15 is 0 Å². The Hall–Kier alpha value is -3.85. The second-order valence-electron chi connectivity index (χ2n) is 12.1. The van der Waals surface area contributed by atoms with Gasteiger partial charge < -0.3 is 10.2 Å². The zero-order valence-corrected chi connectivity index (χ0v) is 29.4. The predicted molar refractivity (Wildman–Crippen MR) is 193 cm³/mol. The van der Waals surface area contributed by atoms with E-state index in [0.717, 1.165) is 54.0 Å². The number of hydrogen-bond acceptors (Lipinski definition) is 4. The maximum absolute atomic E-state index is 14.7. The van der Waals surface area contributed by atoms with Gasteiger partial charge in [0.25, 0.3) is 10.0 Å². The molecule has 48 heavy (non-hydrogen) atoms. The zero-order chi connectivity index (χ0) is 34.1. The van der Waals surface area contributed by atoms with Gasteiger partial charge in [0.05, 0.1) is 10.6 Å². The standard InChI is InChI=1S/C38H41Cl2N3O4S/c1-2-28-21-23-31(24-22-28)43(48(46,47)32-17-10-5-11-18-32)27-37(44)42(26-33-34(39)19-12-20-35(33)40)36(25-29-13-6-3-7-14-29)38(45)41-30-15-8-4-9-16-30/h3,5-7,10-14,17-24,30,36H,2,4,8-9,15-16,25-27H2,1H3,(H,41,45)/t36-/m1/s1. The Labute approximate surface area is 293 Å². The molecule has 0 unspecified atom stereocenters. The van der Waals surface area contributed by atoms with Crippen molar-refractivity contribution in [2.45, 2.75) is 75.4 Å². The highest BCUT2D eigenvalue weighted by Crippen LogP contribution is 2.29. The number of nitrogens with one attached hydrogen (secondary N) is 1. The largest absolute Gasteiger partial charge is 0.352 e. The fourth-order valence-electron chi connectivity index (χ4n) is 6.10. The fourth-order valence-corrected chi connectivity index (χ4v) is 8.05. The van der Waals surface area contributed by atoms with Gasteiger partial charge in [0.1, 0.15) is 12.6 Å². The summed E-state index contributed by atoms with van der Waals surface area (Å²) in [7, 11) is -4.19. The Morgan fingerprint density at radius 2 is 1.40 bits per heavy atom. The molecule has 0 saturated heterocycles. The van der Waals surface area contributed by atoms with Gasteiger partial charge in [-0.1, -0.05) is 116 Å². The summed E-state index contributed by atoms with van der Waals surface area (Å²) in [6.07, 6.45) is 5.89. The van der Waals surface area contributed by atoms with Crippen LogP contribution >= 0.6 is 23.2 Å².